The van der Waals surface area contributed by atoms with E-state index in [4.69, 9.17) is 11.6 Å². The number of aromatic hydroxyl groups is 1. The van der Waals surface area contributed by atoms with Crippen molar-refractivity contribution in [2.45, 2.75) is 6.92 Å². The minimum absolute atomic E-state index is 0.0548. The van der Waals surface area contributed by atoms with Crippen molar-refractivity contribution in [2.24, 2.45) is 12.0 Å². The average Bonchev–Trinajstić information content (AvgIpc) is 3.30. The molecule has 206 valence electrons. The zero-order valence-corrected chi connectivity index (χ0v) is 23.7. The topological polar surface area (TPSA) is 64.3 Å². The lowest BCUT2D eigenvalue weighted by molar-refractivity contribution is -0.106. The molecule has 5 rings (SSSR count). The second kappa shape index (κ2) is 11.1. The molecular weight excluding hydrogens is 529 g/mol. The van der Waals surface area contributed by atoms with E-state index >= 15 is 4.39 Å². The van der Waals surface area contributed by atoms with Crippen molar-refractivity contribution in [2.75, 3.05) is 43.5 Å². The number of rotatable bonds is 7. The van der Waals surface area contributed by atoms with E-state index in [1.165, 1.54) is 17.0 Å². The van der Waals surface area contributed by atoms with Gasteiger partial charge < -0.3 is 19.5 Å². The van der Waals surface area contributed by atoms with Gasteiger partial charge in [0.25, 0.3) is 0 Å². The summed E-state index contributed by atoms with van der Waals surface area (Å²) in [5.74, 6) is -0.540. The molecule has 0 fully saturated rings. The highest BCUT2D eigenvalue weighted by molar-refractivity contribution is 6.34. The van der Waals surface area contributed by atoms with Gasteiger partial charge in [0.1, 0.15) is 11.6 Å². The Morgan fingerprint density at radius 3 is 2.48 bits per heavy atom. The number of amides is 1. The molecule has 2 heterocycles. The molecule has 1 N–H and O–H groups in total. The molecule has 3 aromatic carbocycles. The Kier molecular flexibility index (Phi) is 7.54. The summed E-state index contributed by atoms with van der Waals surface area (Å²) in [7, 11) is 5.65. The highest BCUT2D eigenvalue weighted by Crippen LogP contribution is 2.43. The fourth-order valence-electron chi connectivity index (χ4n) is 5.04. The number of carbonyl (C=O) groups excluding carboxylic acids is 1. The van der Waals surface area contributed by atoms with Crippen LogP contribution in [0.2, 0.25) is 5.02 Å². The van der Waals surface area contributed by atoms with Gasteiger partial charge in [0.05, 0.1) is 29.3 Å². The van der Waals surface area contributed by atoms with Crippen molar-refractivity contribution < 1.29 is 14.3 Å². The quantitative estimate of drug-likeness (QED) is 0.270. The first kappa shape index (κ1) is 27.3. The number of halogens is 2. The highest BCUT2D eigenvalue weighted by Gasteiger charge is 2.21. The third kappa shape index (κ3) is 5.27. The number of anilines is 2. The van der Waals surface area contributed by atoms with E-state index in [0.717, 1.165) is 28.8 Å². The van der Waals surface area contributed by atoms with Crippen molar-refractivity contribution in [1.29, 1.82) is 0 Å². The third-order valence-corrected chi connectivity index (χ3v) is 7.36. The van der Waals surface area contributed by atoms with Crippen LogP contribution in [0.25, 0.3) is 33.2 Å². The maximum absolute atomic E-state index is 15.1. The van der Waals surface area contributed by atoms with Crippen LogP contribution < -0.4 is 9.80 Å². The van der Waals surface area contributed by atoms with Gasteiger partial charge in [-0.25, -0.2) is 4.39 Å². The van der Waals surface area contributed by atoms with Gasteiger partial charge in [0.15, 0.2) is 0 Å². The second-order valence-corrected chi connectivity index (χ2v) is 10.6. The second-order valence-electron chi connectivity index (χ2n) is 10.2. The van der Waals surface area contributed by atoms with Gasteiger partial charge in [-0.1, -0.05) is 17.7 Å². The summed E-state index contributed by atoms with van der Waals surface area (Å²) in [6.07, 6.45) is 5.98. The first-order chi connectivity index (χ1) is 19.2. The summed E-state index contributed by atoms with van der Waals surface area (Å²) in [6, 6.07) is 13.7. The van der Waals surface area contributed by atoms with Crippen LogP contribution in [0.15, 0.2) is 72.1 Å². The van der Waals surface area contributed by atoms with Crippen molar-refractivity contribution in [3.05, 3.63) is 78.0 Å². The molecule has 0 aliphatic carbocycles. The van der Waals surface area contributed by atoms with Gasteiger partial charge in [-0.2, -0.15) is 0 Å². The molecule has 0 atom stereocenters. The van der Waals surface area contributed by atoms with E-state index in [0.29, 0.717) is 47.4 Å². The monoisotopic (exact) mass is 559 g/mol. The number of benzene rings is 3. The predicted molar refractivity (Wildman–Crippen MR) is 162 cm³/mol. The lowest BCUT2D eigenvalue weighted by atomic mass is 9.95. The van der Waals surface area contributed by atoms with Crippen molar-refractivity contribution >= 4 is 46.0 Å². The molecule has 9 heteroatoms. The van der Waals surface area contributed by atoms with Gasteiger partial charge in [0, 0.05) is 74.2 Å². The van der Waals surface area contributed by atoms with Crippen LogP contribution in [0.4, 0.5) is 15.8 Å². The third-order valence-electron chi connectivity index (χ3n) is 7.05. The Labute approximate surface area is 238 Å². The van der Waals surface area contributed by atoms with E-state index in [-0.39, 0.29) is 10.8 Å². The fourth-order valence-corrected chi connectivity index (χ4v) is 5.32. The summed E-state index contributed by atoms with van der Waals surface area (Å²) >= 11 is 6.56. The largest absolute Gasteiger partial charge is 0.507 e. The number of hydrogen-bond acceptors (Lipinski definition) is 5. The van der Waals surface area contributed by atoms with Crippen molar-refractivity contribution in [3.8, 4) is 28.0 Å². The SMILES string of the molecule is CC1=NCCN(c2cc(-c3cc(F)cc(-c4ccc(N(C=O)/C=C\N(C)C)c(Cl)c4)c3O)cc3c2ccn3C)C1. The molecule has 4 aromatic rings. The highest BCUT2D eigenvalue weighted by atomic mass is 35.5. The average molecular weight is 560 g/mol. The Morgan fingerprint density at radius 2 is 1.80 bits per heavy atom. The van der Waals surface area contributed by atoms with Crippen LogP contribution in [0.1, 0.15) is 6.92 Å². The molecule has 0 saturated carbocycles. The normalized spacial score (nSPS) is 13.7. The standard InChI is InChI=1S/C31H31ClFN5O2/c1-20-18-37(10-8-34-20)30-15-22(14-29-24(30)7-9-36(29)4)26-17-23(33)16-25(31(26)40)21-5-6-28(27(32)13-21)38(19-39)12-11-35(2)3/h5-7,9,11-17,19,40H,8,10,18H2,1-4H3/b12-11-. The van der Waals surface area contributed by atoms with Crippen LogP contribution in [0.5, 0.6) is 5.75 Å². The number of hydrogen-bond donors (Lipinski definition) is 1. The van der Waals surface area contributed by atoms with Gasteiger partial charge in [0.2, 0.25) is 6.41 Å². The molecule has 0 unspecified atom stereocenters. The van der Waals surface area contributed by atoms with Gasteiger partial charge in [-0.15, -0.1) is 0 Å². The van der Waals surface area contributed by atoms with Crippen LogP contribution in [-0.4, -0.2) is 60.4 Å². The Hall–Kier alpha value is -4.30. The molecular formula is C31H31ClFN5O2. The number of carbonyl (C=O) groups is 1. The smallest absolute Gasteiger partial charge is 0.218 e. The minimum atomic E-state index is -0.485. The fraction of sp³-hybridized carbons (Fsp3) is 0.226. The maximum Gasteiger partial charge on any atom is 0.218 e. The van der Waals surface area contributed by atoms with E-state index in [2.05, 4.69) is 16.0 Å². The molecule has 1 amide bonds. The molecule has 7 nitrogen and oxygen atoms in total. The van der Waals surface area contributed by atoms with Crippen LogP contribution in [-0.2, 0) is 11.8 Å². The first-order valence-corrected chi connectivity index (χ1v) is 13.3. The number of phenolic OH excluding ortho intramolecular Hbond substituents is 1. The van der Waals surface area contributed by atoms with E-state index in [1.54, 1.807) is 35.5 Å². The van der Waals surface area contributed by atoms with Gasteiger partial charge in [-0.05, 0) is 60.5 Å². The van der Waals surface area contributed by atoms with Gasteiger partial charge >= 0.3 is 0 Å². The number of nitrogens with zero attached hydrogens (tertiary/aromatic N) is 5. The molecule has 1 aliphatic rings. The Balaban J connectivity index is 1.61. The van der Waals surface area contributed by atoms with Crippen LogP contribution in [0, 0.1) is 5.82 Å². The zero-order chi connectivity index (χ0) is 28.6. The van der Waals surface area contributed by atoms with Crippen LogP contribution >= 0.6 is 11.6 Å². The number of aliphatic imine (C=N–C) groups is 1. The lowest BCUT2D eigenvalue weighted by Crippen LogP contribution is -2.35. The van der Waals surface area contributed by atoms with Crippen molar-refractivity contribution in [1.82, 2.24) is 9.47 Å². The molecule has 40 heavy (non-hydrogen) atoms. The number of phenols is 1. The van der Waals surface area contributed by atoms with Gasteiger partial charge in [-0.3, -0.25) is 14.7 Å². The number of aromatic nitrogens is 1. The molecule has 0 radical (unpaired) electrons. The van der Waals surface area contributed by atoms with Crippen LogP contribution in [0.3, 0.4) is 0 Å². The number of fused-ring (bicyclic) bond motifs is 1. The molecule has 0 saturated heterocycles. The molecule has 0 spiro atoms. The Morgan fingerprint density at radius 1 is 1.05 bits per heavy atom. The molecule has 0 bridgehead atoms. The number of aryl methyl sites for hydroxylation is 1. The summed E-state index contributed by atoms with van der Waals surface area (Å²) in [5, 5.41) is 12.9. The molecule has 1 aromatic heterocycles. The van der Waals surface area contributed by atoms with E-state index < -0.39 is 5.82 Å². The summed E-state index contributed by atoms with van der Waals surface area (Å²) in [6.45, 7) is 4.22. The molecule has 1 aliphatic heterocycles. The van der Waals surface area contributed by atoms with E-state index in [9.17, 15) is 9.90 Å². The van der Waals surface area contributed by atoms with Crippen molar-refractivity contribution in [3.63, 3.8) is 0 Å². The Bertz CT molecular complexity index is 1660. The lowest BCUT2D eigenvalue weighted by Gasteiger charge is -2.29. The zero-order valence-electron chi connectivity index (χ0n) is 22.9. The summed E-state index contributed by atoms with van der Waals surface area (Å²) < 4.78 is 17.1. The minimum Gasteiger partial charge on any atom is -0.507 e. The summed E-state index contributed by atoms with van der Waals surface area (Å²) in [4.78, 5) is 21.6. The maximum atomic E-state index is 15.1. The summed E-state index contributed by atoms with van der Waals surface area (Å²) in [5.41, 5.74) is 5.43. The van der Waals surface area contributed by atoms with E-state index in [1.807, 2.05) is 51.0 Å². The predicted octanol–water partition coefficient (Wildman–Crippen LogP) is 6.29. The first-order valence-electron chi connectivity index (χ1n) is 12.9.